The first-order chi connectivity index (χ1) is 15.2. The van der Waals surface area contributed by atoms with Crippen LogP contribution in [0.3, 0.4) is 0 Å². The minimum absolute atomic E-state index is 0.199. The molecule has 0 saturated heterocycles. The van der Waals surface area contributed by atoms with E-state index in [0.717, 1.165) is 31.4 Å². The Morgan fingerprint density at radius 2 is 1.68 bits per heavy atom. The van der Waals surface area contributed by atoms with E-state index in [-0.39, 0.29) is 6.61 Å². The number of ether oxygens (including phenoxy) is 1. The van der Waals surface area contributed by atoms with Crippen LogP contribution in [0.15, 0.2) is 60.7 Å². The van der Waals surface area contributed by atoms with Gasteiger partial charge in [-0.3, -0.25) is 0 Å². The first kappa shape index (κ1) is 23.3. The van der Waals surface area contributed by atoms with Crippen LogP contribution in [-0.4, -0.2) is 25.2 Å². The Hall–Kier alpha value is -2.34. The lowest BCUT2D eigenvalue weighted by atomic mass is 9.95. The zero-order chi connectivity index (χ0) is 21.9. The lowest BCUT2D eigenvalue weighted by molar-refractivity contribution is -0.205. The molecule has 1 atom stereocenters. The molecule has 0 aliphatic heterocycles. The monoisotopic (exact) mass is 442 g/mol. The number of unbranched alkanes of at least 4 members (excludes halogenated alkanes) is 1. The number of fused-ring (bicyclic) bond motifs is 1. The minimum atomic E-state index is -2.72. The average Bonchev–Trinajstić information content (AvgIpc) is 2.79. The molecule has 0 aromatic heterocycles. The molecule has 0 fully saturated rings. The molecule has 1 unspecified atom stereocenters. The van der Waals surface area contributed by atoms with Crippen molar-refractivity contribution in [3.05, 3.63) is 77.4 Å². The molecule has 31 heavy (non-hydrogen) atoms. The van der Waals surface area contributed by atoms with Crippen molar-refractivity contribution in [3.63, 3.8) is 0 Å². The van der Waals surface area contributed by atoms with Crippen LogP contribution in [0.2, 0.25) is 0 Å². The lowest BCUT2D eigenvalue weighted by Gasteiger charge is -2.12. The summed E-state index contributed by atoms with van der Waals surface area (Å²) < 4.78 is 19.9. The van der Waals surface area contributed by atoms with Gasteiger partial charge in [0.2, 0.25) is 0 Å². The molecule has 3 rings (SSSR count). The number of rotatable bonds is 13. The van der Waals surface area contributed by atoms with Crippen LogP contribution in [0.25, 0.3) is 10.8 Å². The van der Waals surface area contributed by atoms with Crippen LogP contribution in [0.1, 0.15) is 29.5 Å². The lowest BCUT2D eigenvalue weighted by Crippen LogP contribution is -2.19. The van der Waals surface area contributed by atoms with Crippen LogP contribution in [-0.2, 0) is 33.5 Å². The SMILES string of the molecule is COc1cccc(CCCCc2ccc(CNCCOO[P+](=O)O)c3ccccc23)c1. The molecule has 0 bridgehead atoms. The van der Waals surface area contributed by atoms with Gasteiger partial charge in [0, 0.05) is 17.7 Å². The summed E-state index contributed by atoms with van der Waals surface area (Å²) in [5.41, 5.74) is 3.89. The average molecular weight is 442 g/mol. The molecule has 164 valence electrons. The van der Waals surface area contributed by atoms with E-state index < -0.39 is 8.25 Å². The highest BCUT2D eigenvalue weighted by atomic mass is 31.1. The minimum Gasteiger partial charge on any atom is -0.497 e. The van der Waals surface area contributed by atoms with E-state index in [1.807, 2.05) is 12.1 Å². The van der Waals surface area contributed by atoms with E-state index >= 15 is 0 Å². The zero-order valence-corrected chi connectivity index (χ0v) is 18.6. The van der Waals surface area contributed by atoms with Crippen LogP contribution in [0, 0.1) is 0 Å². The summed E-state index contributed by atoms with van der Waals surface area (Å²) in [6.45, 7) is 1.40. The van der Waals surface area contributed by atoms with E-state index in [1.165, 1.54) is 27.5 Å². The van der Waals surface area contributed by atoms with Gasteiger partial charge in [0.25, 0.3) is 0 Å². The Morgan fingerprint density at radius 1 is 0.935 bits per heavy atom. The number of nitrogens with one attached hydrogen (secondary N) is 1. The van der Waals surface area contributed by atoms with Crippen molar-refractivity contribution in [2.45, 2.75) is 32.2 Å². The number of aryl methyl sites for hydroxylation is 2. The second-order valence-corrected chi connectivity index (χ2v) is 7.92. The third-order valence-electron chi connectivity index (χ3n) is 5.19. The van der Waals surface area contributed by atoms with Gasteiger partial charge in [-0.25, -0.2) is 0 Å². The summed E-state index contributed by atoms with van der Waals surface area (Å²) in [6, 6.07) is 21.2. The number of hydrogen-bond donors (Lipinski definition) is 2. The van der Waals surface area contributed by atoms with Gasteiger partial charge in [-0.05, 0) is 65.3 Å². The maximum absolute atomic E-state index is 10.4. The van der Waals surface area contributed by atoms with Crippen LogP contribution >= 0.6 is 8.25 Å². The molecule has 0 amide bonds. The smallest absolute Gasteiger partial charge is 0.497 e. The van der Waals surface area contributed by atoms with Gasteiger partial charge in [0.1, 0.15) is 5.75 Å². The van der Waals surface area contributed by atoms with E-state index in [0.29, 0.717) is 13.1 Å². The van der Waals surface area contributed by atoms with E-state index in [2.05, 4.69) is 63.4 Å². The second kappa shape index (κ2) is 12.5. The summed E-state index contributed by atoms with van der Waals surface area (Å²) in [6.07, 6.45) is 4.35. The fourth-order valence-corrected chi connectivity index (χ4v) is 3.85. The summed E-state index contributed by atoms with van der Waals surface area (Å²) >= 11 is 0. The molecule has 0 spiro atoms. The van der Waals surface area contributed by atoms with Gasteiger partial charge in [-0.2, -0.15) is 4.89 Å². The van der Waals surface area contributed by atoms with Gasteiger partial charge < -0.3 is 10.1 Å². The van der Waals surface area contributed by atoms with Crippen molar-refractivity contribution in [1.82, 2.24) is 5.32 Å². The fourth-order valence-electron chi connectivity index (χ4n) is 3.69. The molecule has 6 nitrogen and oxygen atoms in total. The Bertz CT molecular complexity index is 995. The summed E-state index contributed by atoms with van der Waals surface area (Å²) in [4.78, 5) is 13.2. The summed E-state index contributed by atoms with van der Waals surface area (Å²) in [5.74, 6) is 0.913. The Labute approximate surface area is 184 Å². The van der Waals surface area contributed by atoms with Crippen molar-refractivity contribution < 1.29 is 23.8 Å². The number of benzene rings is 3. The highest BCUT2D eigenvalue weighted by molar-refractivity contribution is 7.31. The van der Waals surface area contributed by atoms with Crippen molar-refractivity contribution in [2.75, 3.05) is 20.3 Å². The number of methoxy groups -OCH3 is 1. The fraction of sp³-hybridized carbons (Fsp3) is 0.333. The van der Waals surface area contributed by atoms with E-state index in [1.54, 1.807) is 7.11 Å². The highest BCUT2D eigenvalue weighted by Crippen LogP contribution is 2.25. The van der Waals surface area contributed by atoms with Crippen molar-refractivity contribution >= 4 is 19.0 Å². The predicted molar refractivity (Wildman–Crippen MR) is 122 cm³/mol. The zero-order valence-electron chi connectivity index (χ0n) is 17.8. The van der Waals surface area contributed by atoms with Gasteiger partial charge in [0.15, 0.2) is 0 Å². The highest BCUT2D eigenvalue weighted by Gasteiger charge is 2.12. The molecule has 0 aliphatic carbocycles. The van der Waals surface area contributed by atoms with E-state index in [4.69, 9.17) is 9.63 Å². The van der Waals surface area contributed by atoms with Crippen LogP contribution in [0.5, 0.6) is 5.75 Å². The Kier molecular flexibility index (Phi) is 9.40. The number of hydrogen-bond acceptors (Lipinski definition) is 5. The topological polar surface area (TPSA) is 77.0 Å². The van der Waals surface area contributed by atoms with Gasteiger partial charge in [-0.15, -0.1) is 4.89 Å². The van der Waals surface area contributed by atoms with Crippen molar-refractivity contribution in [2.24, 2.45) is 0 Å². The van der Waals surface area contributed by atoms with Gasteiger partial charge in [-0.1, -0.05) is 48.5 Å². The standard InChI is InChI=1S/C24H28NO5P/c1-28-22-10-6-8-19(17-22)7-2-3-9-20-13-14-21(24-12-5-4-11-23(20)24)18-25-15-16-29-30-31(26)27/h4-6,8,10-14,17,25H,2-3,7,9,15-16,18H2,1H3/p+1. The molecule has 0 aliphatic rings. The molecule has 0 saturated carbocycles. The second-order valence-electron chi connectivity index (χ2n) is 7.30. The van der Waals surface area contributed by atoms with Crippen molar-refractivity contribution in [1.29, 1.82) is 0 Å². The predicted octanol–water partition coefficient (Wildman–Crippen LogP) is 5.10. The van der Waals surface area contributed by atoms with Gasteiger partial charge in [0.05, 0.1) is 18.4 Å². The molecular formula is C24H29NO5P+. The quantitative estimate of drug-likeness (QED) is 0.166. The molecule has 0 radical (unpaired) electrons. The van der Waals surface area contributed by atoms with Gasteiger partial charge >= 0.3 is 8.25 Å². The summed E-state index contributed by atoms with van der Waals surface area (Å²) in [7, 11) is -1.02. The molecular weight excluding hydrogens is 413 g/mol. The first-order valence-electron chi connectivity index (χ1n) is 10.5. The third-order valence-corrected chi connectivity index (χ3v) is 5.43. The van der Waals surface area contributed by atoms with Crippen LogP contribution in [0.4, 0.5) is 0 Å². The Balaban J connectivity index is 1.53. The maximum Gasteiger partial charge on any atom is 0.725 e. The maximum atomic E-state index is 10.4. The summed E-state index contributed by atoms with van der Waals surface area (Å²) in [5, 5.41) is 5.81. The molecule has 3 aromatic carbocycles. The largest absolute Gasteiger partial charge is 0.725 e. The molecule has 7 heteroatoms. The van der Waals surface area contributed by atoms with Crippen molar-refractivity contribution in [3.8, 4) is 5.75 Å². The third kappa shape index (κ3) is 7.39. The molecule has 2 N–H and O–H groups in total. The molecule has 0 heterocycles. The van der Waals surface area contributed by atoms with E-state index in [9.17, 15) is 4.57 Å². The normalized spacial score (nSPS) is 11.6. The Morgan fingerprint density at radius 3 is 2.45 bits per heavy atom. The van der Waals surface area contributed by atoms with Crippen LogP contribution < -0.4 is 10.1 Å². The molecule has 3 aromatic rings. The first-order valence-corrected chi connectivity index (χ1v) is 11.6.